The van der Waals surface area contributed by atoms with Gasteiger partial charge in [-0.25, -0.2) is 8.42 Å². The second-order valence-electron chi connectivity index (χ2n) is 4.91. The highest BCUT2D eigenvalue weighted by Crippen LogP contribution is 2.31. The number of benzene rings is 1. The van der Waals surface area contributed by atoms with Crippen LogP contribution in [0.25, 0.3) is 0 Å². The molecule has 6 nitrogen and oxygen atoms in total. The molecule has 1 aromatic carbocycles. The van der Waals surface area contributed by atoms with Gasteiger partial charge in [0.2, 0.25) is 15.9 Å². The molecular formula is C13H18N2O4S. The van der Waals surface area contributed by atoms with Gasteiger partial charge in [-0.1, -0.05) is 6.42 Å². The van der Waals surface area contributed by atoms with Gasteiger partial charge in [0.05, 0.1) is 19.1 Å². The van der Waals surface area contributed by atoms with Crippen molar-refractivity contribution in [2.24, 2.45) is 5.92 Å². The van der Waals surface area contributed by atoms with Crippen molar-refractivity contribution >= 4 is 27.3 Å². The number of methoxy groups -OCH3 is 1. The van der Waals surface area contributed by atoms with Crippen LogP contribution in [0.15, 0.2) is 18.2 Å². The molecule has 1 aliphatic carbocycles. The van der Waals surface area contributed by atoms with E-state index in [-0.39, 0.29) is 11.8 Å². The zero-order chi connectivity index (χ0) is 14.8. The van der Waals surface area contributed by atoms with Crippen molar-refractivity contribution in [3.05, 3.63) is 18.2 Å². The van der Waals surface area contributed by atoms with Crippen LogP contribution in [-0.4, -0.2) is 27.7 Å². The summed E-state index contributed by atoms with van der Waals surface area (Å²) in [5.74, 6) is 0.457. The summed E-state index contributed by atoms with van der Waals surface area (Å²) in [5, 5.41) is 2.81. The topological polar surface area (TPSA) is 84.5 Å². The number of rotatable bonds is 5. The quantitative estimate of drug-likeness (QED) is 0.868. The largest absolute Gasteiger partial charge is 0.494 e. The van der Waals surface area contributed by atoms with Crippen molar-refractivity contribution in [3.63, 3.8) is 0 Å². The van der Waals surface area contributed by atoms with Crippen LogP contribution in [0.1, 0.15) is 19.3 Å². The van der Waals surface area contributed by atoms with Gasteiger partial charge in [-0.3, -0.25) is 9.52 Å². The molecule has 0 aliphatic heterocycles. The third kappa shape index (κ3) is 3.63. The van der Waals surface area contributed by atoms with Crippen LogP contribution in [0.2, 0.25) is 0 Å². The third-order valence-corrected chi connectivity index (χ3v) is 3.83. The standard InChI is InChI=1S/C13H18N2O4S/c1-19-12-8-10(14-13(16)9-4-3-5-9)6-7-11(12)15-20(2,17)18/h6-9,15H,3-5H2,1-2H3,(H,14,16). The summed E-state index contributed by atoms with van der Waals surface area (Å²) in [5.41, 5.74) is 0.939. The van der Waals surface area contributed by atoms with Gasteiger partial charge in [0.1, 0.15) is 5.75 Å². The van der Waals surface area contributed by atoms with E-state index in [2.05, 4.69) is 10.0 Å². The molecule has 0 bridgehead atoms. The maximum atomic E-state index is 11.8. The van der Waals surface area contributed by atoms with E-state index in [0.29, 0.717) is 17.1 Å². The zero-order valence-electron chi connectivity index (χ0n) is 11.5. The van der Waals surface area contributed by atoms with Crippen LogP contribution in [-0.2, 0) is 14.8 Å². The second-order valence-corrected chi connectivity index (χ2v) is 6.65. The number of amides is 1. The van der Waals surface area contributed by atoms with Gasteiger partial charge in [-0.15, -0.1) is 0 Å². The molecule has 0 unspecified atom stereocenters. The Kier molecular flexibility index (Phi) is 4.17. The Balaban J connectivity index is 2.14. The van der Waals surface area contributed by atoms with Crippen LogP contribution < -0.4 is 14.8 Å². The van der Waals surface area contributed by atoms with Crippen LogP contribution in [0.3, 0.4) is 0 Å². The monoisotopic (exact) mass is 298 g/mol. The summed E-state index contributed by atoms with van der Waals surface area (Å²) in [4.78, 5) is 11.8. The van der Waals surface area contributed by atoms with Gasteiger partial charge in [0, 0.05) is 17.7 Å². The summed E-state index contributed by atoms with van der Waals surface area (Å²) in [6.45, 7) is 0. The molecule has 7 heteroatoms. The summed E-state index contributed by atoms with van der Waals surface area (Å²) in [7, 11) is -1.93. The number of nitrogens with one attached hydrogen (secondary N) is 2. The molecule has 0 spiro atoms. The van der Waals surface area contributed by atoms with Gasteiger partial charge in [-0.2, -0.15) is 0 Å². The van der Waals surface area contributed by atoms with Crippen molar-refractivity contribution in [2.75, 3.05) is 23.4 Å². The molecule has 2 rings (SSSR count). The highest BCUT2D eigenvalue weighted by atomic mass is 32.2. The van der Waals surface area contributed by atoms with Crippen LogP contribution >= 0.6 is 0 Å². The number of sulfonamides is 1. The van der Waals surface area contributed by atoms with E-state index in [1.165, 1.54) is 7.11 Å². The van der Waals surface area contributed by atoms with E-state index in [1.54, 1.807) is 18.2 Å². The third-order valence-electron chi connectivity index (χ3n) is 3.24. The number of carbonyl (C=O) groups is 1. The Labute approximate surface area is 118 Å². The van der Waals surface area contributed by atoms with Crippen molar-refractivity contribution in [1.82, 2.24) is 0 Å². The van der Waals surface area contributed by atoms with Crippen molar-refractivity contribution < 1.29 is 17.9 Å². The van der Waals surface area contributed by atoms with Gasteiger partial charge < -0.3 is 10.1 Å². The molecule has 0 saturated heterocycles. The molecule has 1 fully saturated rings. The number of hydrogen-bond donors (Lipinski definition) is 2. The van der Waals surface area contributed by atoms with E-state index in [1.807, 2.05) is 0 Å². The second kappa shape index (κ2) is 5.70. The molecule has 0 radical (unpaired) electrons. The Morgan fingerprint density at radius 3 is 2.55 bits per heavy atom. The number of hydrogen-bond acceptors (Lipinski definition) is 4. The van der Waals surface area contributed by atoms with Crippen LogP contribution in [0.4, 0.5) is 11.4 Å². The van der Waals surface area contributed by atoms with E-state index >= 15 is 0 Å². The predicted octanol–water partition coefficient (Wildman–Crippen LogP) is 1.81. The van der Waals surface area contributed by atoms with Crippen LogP contribution in [0, 0.1) is 5.92 Å². The van der Waals surface area contributed by atoms with Gasteiger partial charge >= 0.3 is 0 Å². The first kappa shape index (κ1) is 14.6. The highest BCUT2D eigenvalue weighted by Gasteiger charge is 2.25. The maximum absolute atomic E-state index is 11.8. The minimum Gasteiger partial charge on any atom is -0.494 e. The normalized spacial score (nSPS) is 15.3. The van der Waals surface area contributed by atoms with Crippen molar-refractivity contribution in [1.29, 1.82) is 0 Å². The Morgan fingerprint density at radius 2 is 2.05 bits per heavy atom. The first-order valence-corrected chi connectivity index (χ1v) is 8.25. The van der Waals surface area contributed by atoms with Crippen LogP contribution in [0.5, 0.6) is 5.75 Å². The Hall–Kier alpha value is -1.76. The lowest BCUT2D eigenvalue weighted by molar-refractivity contribution is -0.122. The maximum Gasteiger partial charge on any atom is 0.229 e. The lowest BCUT2D eigenvalue weighted by Crippen LogP contribution is -2.28. The Morgan fingerprint density at radius 1 is 1.35 bits per heavy atom. The first-order chi connectivity index (χ1) is 9.39. The molecule has 20 heavy (non-hydrogen) atoms. The number of ether oxygens (including phenoxy) is 1. The average molecular weight is 298 g/mol. The van der Waals surface area contributed by atoms with Gasteiger partial charge in [0.15, 0.2) is 0 Å². The SMILES string of the molecule is COc1cc(NC(=O)C2CCC2)ccc1NS(C)(=O)=O. The molecule has 0 atom stereocenters. The number of anilines is 2. The summed E-state index contributed by atoms with van der Waals surface area (Å²) in [6.07, 6.45) is 4.02. The fraction of sp³-hybridized carbons (Fsp3) is 0.462. The number of carbonyl (C=O) groups excluding carboxylic acids is 1. The fourth-order valence-corrected chi connectivity index (χ4v) is 2.54. The van der Waals surface area contributed by atoms with Crippen molar-refractivity contribution in [3.8, 4) is 5.75 Å². The molecule has 0 heterocycles. The zero-order valence-corrected chi connectivity index (χ0v) is 12.3. The molecule has 2 N–H and O–H groups in total. The summed E-state index contributed by atoms with van der Waals surface area (Å²) in [6, 6.07) is 4.81. The van der Waals surface area contributed by atoms with Crippen molar-refractivity contribution in [2.45, 2.75) is 19.3 Å². The smallest absolute Gasteiger partial charge is 0.229 e. The molecule has 1 amide bonds. The predicted molar refractivity (Wildman–Crippen MR) is 77.4 cm³/mol. The minimum atomic E-state index is -3.37. The van der Waals surface area contributed by atoms with E-state index in [0.717, 1.165) is 25.5 Å². The van der Waals surface area contributed by atoms with Gasteiger partial charge in [0.25, 0.3) is 0 Å². The average Bonchev–Trinajstić information content (AvgIpc) is 2.26. The lowest BCUT2D eigenvalue weighted by atomic mass is 9.85. The molecule has 1 aromatic rings. The molecule has 1 aliphatic rings. The molecule has 0 aromatic heterocycles. The van der Waals surface area contributed by atoms with E-state index < -0.39 is 10.0 Å². The summed E-state index contributed by atoms with van der Waals surface area (Å²) >= 11 is 0. The molecule has 1 saturated carbocycles. The van der Waals surface area contributed by atoms with Gasteiger partial charge in [-0.05, 0) is 25.0 Å². The molecular weight excluding hydrogens is 280 g/mol. The van der Waals surface area contributed by atoms with E-state index in [9.17, 15) is 13.2 Å². The lowest BCUT2D eigenvalue weighted by Gasteiger charge is -2.24. The highest BCUT2D eigenvalue weighted by molar-refractivity contribution is 7.92. The first-order valence-electron chi connectivity index (χ1n) is 6.36. The summed E-state index contributed by atoms with van der Waals surface area (Å²) < 4.78 is 30.0. The Bertz CT molecular complexity index is 609. The van der Waals surface area contributed by atoms with E-state index in [4.69, 9.17) is 4.74 Å². The molecule has 110 valence electrons. The minimum absolute atomic E-state index is 0.00197. The fourth-order valence-electron chi connectivity index (χ4n) is 1.97.